The van der Waals surface area contributed by atoms with Gasteiger partial charge >= 0.3 is 12.1 Å². The molecule has 6 nitrogen and oxygen atoms in total. The Balaban J connectivity index is 1.60. The normalized spacial score (nSPS) is 21.1. The van der Waals surface area contributed by atoms with E-state index in [9.17, 15) is 27.9 Å². The van der Waals surface area contributed by atoms with Gasteiger partial charge in [-0.1, -0.05) is 42.5 Å². The predicted octanol–water partition coefficient (Wildman–Crippen LogP) is 3.62. The summed E-state index contributed by atoms with van der Waals surface area (Å²) in [6, 6.07) is 12.9. The lowest BCUT2D eigenvalue weighted by atomic mass is 9.95. The second-order valence-corrected chi connectivity index (χ2v) is 8.09. The Bertz CT molecular complexity index is 988. The van der Waals surface area contributed by atoms with Gasteiger partial charge in [0.2, 0.25) is 0 Å². The number of hydrogen-bond acceptors (Lipinski definition) is 4. The number of hydrogen-bond donors (Lipinski definition) is 1. The van der Waals surface area contributed by atoms with Gasteiger partial charge in [-0.2, -0.15) is 13.2 Å². The van der Waals surface area contributed by atoms with Gasteiger partial charge in [0.25, 0.3) is 5.91 Å². The Morgan fingerprint density at radius 2 is 1.66 bits per heavy atom. The first kappa shape index (κ1) is 22.3. The molecule has 1 spiro atoms. The summed E-state index contributed by atoms with van der Waals surface area (Å²) in [6.45, 7) is 1.47. The topological polar surface area (TPSA) is 70.1 Å². The fraction of sp³-hybridized carbons (Fsp3) is 0.391. The van der Waals surface area contributed by atoms with Crippen LogP contribution in [-0.2, 0) is 22.3 Å². The minimum atomic E-state index is -4.74. The average molecular weight is 448 g/mol. The molecule has 0 aliphatic carbocycles. The highest BCUT2D eigenvalue weighted by Gasteiger charge is 2.54. The summed E-state index contributed by atoms with van der Waals surface area (Å²) in [5.74, 6) is -2.27. The molecule has 1 N–H and O–H groups in total. The third kappa shape index (κ3) is 4.22. The molecule has 2 aromatic carbocycles. The van der Waals surface area contributed by atoms with Crippen molar-refractivity contribution < 1.29 is 32.6 Å². The monoisotopic (exact) mass is 448 g/mol. The number of ether oxygens (including phenoxy) is 1. The van der Waals surface area contributed by atoms with Gasteiger partial charge in [0, 0.05) is 32.5 Å². The summed E-state index contributed by atoms with van der Waals surface area (Å²) >= 11 is 0. The van der Waals surface area contributed by atoms with E-state index in [0.717, 1.165) is 22.6 Å². The summed E-state index contributed by atoms with van der Waals surface area (Å²) in [7, 11) is 0. The van der Waals surface area contributed by atoms with E-state index in [2.05, 4.69) is 4.90 Å². The third-order valence-corrected chi connectivity index (χ3v) is 6.11. The van der Waals surface area contributed by atoms with Crippen LogP contribution in [0.2, 0.25) is 0 Å². The molecule has 0 saturated carbocycles. The van der Waals surface area contributed by atoms with Crippen LogP contribution in [0.25, 0.3) is 0 Å². The summed E-state index contributed by atoms with van der Waals surface area (Å²) in [5.41, 5.74) is -1.78. The predicted molar refractivity (Wildman–Crippen MR) is 109 cm³/mol. The first-order valence-electron chi connectivity index (χ1n) is 10.3. The summed E-state index contributed by atoms with van der Waals surface area (Å²) in [5, 5.41) is 9.66. The van der Waals surface area contributed by atoms with Crippen LogP contribution in [0, 0.1) is 0 Å². The molecule has 2 aromatic rings. The van der Waals surface area contributed by atoms with Crippen molar-refractivity contribution in [2.45, 2.75) is 37.3 Å². The molecule has 0 bridgehead atoms. The first-order valence-corrected chi connectivity index (χ1v) is 10.3. The molecule has 0 radical (unpaired) electrons. The van der Waals surface area contributed by atoms with E-state index >= 15 is 0 Å². The van der Waals surface area contributed by atoms with Crippen LogP contribution in [-0.4, -0.2) is 58.2 Å². The molecule has 9 heteroatoms. The third-order valence-electron chi connectivity index (χ3n) is 6.11. The van der Waals surface area contributed by atoms with Gasteiger partial charge in [0.1, 0.15) is 5.72 Å². The number of benzene rings is 2. The summed E-state index contributed by atoms with van der Waals surface area (Å²) in [6.07, 6.45) is -4.12. The lowest BCUT2D eigenvalue weighted by molar-refractivity contribution is -0.144. The molecule has 1 amide bonds. The number of carboxylic acids is 1. The maximum Gasteiger partial charge on any atom is 0.417 e. The van der Waals surface area contributed by atoms with E-state index in [1.54, 1.807) is 0 Å². The molecule has 0 unspecified atom stereocenters. The van der Waals surface area contributed by atoms with E-state index < -0.39 is 40.9 Å². The molecule has 32 heavy (non-hydrogen) atoms. The van der Waals surface area contributed by atoms with E-state index in [4.69, 9.17) is 4.74 Å². The van der Waals surface area contributed by atoms with Crippen LogP contribution in [0.4, 0.5) is 13.2 Å². The average Bonchev–Trinajstić information content (AvgIpc) is 3.14. The zero-order chi connectivity index (χ0) is 22.9. The maximum absolute atomic E-state index is 13.5. The second-order valence-electron chi connectivity index (χ2n) is 8.09. The van der Waals surface area contributed by atoms with Crippen molar-refractivity contribution in [3.05, 3.63) is 71.3 Å². The summed E-state index contributed by atoms with van der Waals surface area (Å²) < 4.78 is 46.4. The maximum atomic E-state index is 13.5. The highest BCUT2D eigenvalue weighted by atomic mass is 19.4. The number of alkyl halides is 3. The van der Waals surface area contributed by atoms with Crippen molar-refractivity contribution in [1.82, 2.24) is 9.80 Å². The number of rotatable bonds is 4. The van der Waals surface area contributed by atoms with Crippen molar-refractivity contribution in [2.75, 3.05) is 19.7 Å². The smallest absolute Gasteiger partial charge is 0.417 e. The fourth-order valence-electron chi connectivity index (χ4n) is 4.50. The van der Waals surface area contributed by atoms with Gasteiger partial charge < -0.3 is 9.84 Å². The molecular weight excluding hydrogens is 425 g/mol. The van der Waals surface area contributed by atoms with Crippen LogP contribution in [0.1, 0.15) is 34.3 Å². The van der Waals surface area contributed by atoms with Crippen molar-refractivity contribution in [1.29, 1.82) is 0 Å². The highest BCUT2D eigenvalue weighted by Crippen LogP contribution is 2.40. The van der Waals surface area contributed by atoms with Gasteiger partial charge in [-0.25, -0.2) is 4.79 Å². The molecule has 2 aliphatic rings. The second kappa shape index (κ2) is 8.55. The standard InChI is InChI=1S/C23H23F3N2O4/c24-23(25,26)18-9-5-4-8-17(18)20(29)28-19(21(30)31)15-32-22(28)10-12-27(13-11-22)14-16-6-2-1-3-7-16/h1-9,19H,10-15H2,(H,30,31)/t19-/m0/s1. The van der Waals surface area contributed by atoms with Crippen molar-refractivity contribution in [3.8, 4) is 0 Å². The van der Waals surface area contributed by atoms with Crippen molar-refractivity contribution in [3.63, 3.8) is 0 Å². The van der Waals surface area contributed by atoms with Gasteiger partial charge in [-0.15, -0.1) is 0 Å². The quantitative estimate of drug-likeness (QED) is 0.774. The number of carbonyl (C=O) groups excluding carboxylic acids is 1. The van der Waals surface area contributed by atoms with Gasteiger partial charge in [-0.05, 0) is 17.7 Å². The molecule has 1 atom stereocenters. The fourth-order valence-corrected chi connectivity index (χ4v) is 4.50. The van der Waals surface area contributed by atoms with Crippen molar-refractivity contribution in [2.24, 2.45) is 0 Å². The number of carboxylic acid groups (broad SMARTS) is 1. The minimum absolute atomic E-state index is 0.256. The van der Waals surface area contributed by atoms with E-state index in [1.165, 1.54) is 12.1 Å². The molecule has 2 saturated heterocycles. The number of likely N-dealkylation sites (tertiary alicyclic amines) is 1. The Labute approximate surface area is 183 Å². The minimum Gasteiger partial charge on any atom is -0.480 e. The lowest BCUT2D eigenvalue weighted by Gasteiger charge is -2.44. The Morgan fingerprint density at radius 3 is 2.28 bits per heavy atom. The highest BCUT2D eigenvalue weighted by molar-refractivity contribution is 5.98. The number of nitrogens with zero attached hydrogens (tertiary/aromatic N) is 2. The number of aliphatic carboxylic acids is 1. The number of amides is 1. The van der Waals surface area contributed by atoms with Gasteiger partial charge in [0.15, 0.2) is 6.04 Å². The number of halogens is 3. The Morgan fingerprint density at radius 1 is 1.03 bits per heavy atom. The van der Waals surface area contributed by atoms with Gasteiger partial charge in [0.05, 0.1) is 17.7 Å². The van der Waals surface area contributed by atoms with Crippen LogP contribution in [0.15, 0.2) is 54.6 Å². The molecule has 4 rings (SSSR count). The molecule has 2 heterocycles. The largest absolute Gasteiger partial charge is 0.480 e. The van der Waals surface area contributed by atoms with E-state index in [0.29, 0.717) is 32.5 Å². The molecule has 0 aromatic heterocycles. The Hall–Kier alpha value is -2.91. The molecular formula is C23H23F3N2O4. The summed E-state index contributed by atoms with van der Waals surface area (Å²) in [4.78, 5) is 28.4. The molecule has 170 valence electrons. The van der Waals surface area contributed by atoms with Crippen LogP contribution in [0.3, 0.4) is 0 Å². The zero-order valence-corrected chi connectivity index (χ0v) is 17.2. The van der Waals surface area contributed by atoms with E-state index in [-0.39, 0.29) is 6.61 Å². The van der Waals surface area contributed by atoms with Crippen LogP contribution >= 0.6 is 0 Å². The number of carbonyl (C=O) groups is 2. The zero-order valence-electron chi connectivity index (χ0n) is 17.2. The van der Waals surface area contributed by atoms with Gasteiger partial charge in [-0.3, -0.25) is 14.6 Å². The Kier molecular flexibility index (Phi) is 5.96. The first-order chi connectivity index (χ1) is 15.2. The SMILES string of the molecule is O=C(O)[C@@H]1COC2(CCN(Cc3ccccc3)CC2)N1C(=O)c1ccccc1C(F)(F)F. The van der Waals surface area contributed by atoms with Crippen LogP contribution < -0.4 is 0 Å². The van der Waals surface area contributed by atoms with Crippen LogP contribution in [0.5, 0.6) is 0 Å². The van der Waals surface area contributed by atoms with Crippen molar-refractivity contribution >= 4 is 11.9 Å². The number of piperidine rings is 1. The van der Waals surface area contributed by atoms with E-state index in [1.807, 2.05) is 30.3 Å². The molecule has 2 fully saturated rings. The lowest BCUT2D eigenvalue weighted by Crippen LogP contribution is -2.58. The molecule has 2 aliphatic heterocycles.